The molecule has 0 aliphatic carbocycles. The fourth-order valence-corrected chi connectivity index (χ4v) is 1.46. The monoisotopic (exact) mass is 171 g/mol. The van der Waals surface area contributed by atoms with Gasteiger partial charge < -0.3 is 4.31 Å². The molecule has 0 aromatic rings. The van der Waals surface area contributed by atoms with E-state index in [0.29, 0.717) is 0 Å². The van der Waals surface area contributed by atoms with E-state index in [0.717, 1.165) is 0 Å². The molecule has 0 spiro atoms. The second-order valence-corrected chi connectivity index (χ2v) is 3.37. The zero-order valence-electron chi connectivity index (χ0n) is 4.37. The Labute approximate surface area is 64.6 Å². The fourth-order valence-electron chi connectivity index (χ4n) is 0.418. The van der Waals surface area contributed by atoms with Gasteiger partial charge in [-0.1, -0.05) is 0 Å². The molecule has 8 heavy (non-hydrogen) atoms. The van der Waals surface area contributed by atoms with Crippen molar-refractivity contribution >= 4 is 36.0 Å². The van der Waals surface area contributed by atoms with Crippen molar-refractivity contribution in [3.05, 3.63) is 12.3 Å². The summed E-state index contributed by atoms with van der Waals surface area (Å²) in [5, 5.41) is 0. The number of halogens is 2. The van der Waals surface area contributed by atoms with Crippen LogP contribution < -0.4 is 0 Å². The molecule has 0 saturated heterocycles. The Morgan fingerprint density at radius 1 is 1.75 bits per heavy atom. The van der Waals surface area contributed by atoms with E-state index >= 15 is 0 Å². The number of alkyl halides is 1. The summed E-state index contributed by atoms with van der Waals surface area (Å²) in [5.41, 5.74) is 0. The molecule has 1 aliphatic rings. The molecule has 1 heterocycles. The highest BCUT2D eigenvalue weighted by Crippen LogP contribution is 2.25. The Kier molecular flexibility index (Phi) is 3.69. The van der Waals surface area contributed by atoms with E-state index in [1.165, 1.54) is 0 Å². The highest BCUT2D eigenvalue weighted by Gasteiger charge is 2.08. The van der Waals surface area contributed by atoms with Gasteiger partial charge in [0.05, 0.1) is 0 Å². The van der Waals surface area contributed by atoms with Crippen LogP contribution in [-0.4, -0.2) is 16.1 Å². The zero-order chi connectivity index (χ0) is 5.28. The van der Waals surface area contributed by atoms with Crippen molar-refractivity contribution in [3.63, 3.8) is 0 Å². The number of hydrogen-bond acceptors (Lipinski definition) is 2. The van der Waals surface area contributed by atoms with Crippen LogP contribution in [0.15, 0.2) is 12.3 Å². The maximum absolute atomic E-state index is 5.64. The van der Waals surface area contributed by atoms with E-state index in [9.17, 15) is 0 Å². The molecule has 1 rings (SSSR count). The van der Waals surface area contributed by atoms with Crippen molar-refractivity contribution in [1.82, 2.24) is 4.31 Å². The van der Waals surface area contributed by atoms with Gasteiger partial charge in [-0.25, -0.2) is 0 Å². The molecule has 0 aromatic carbocycles. The number of rotatable bonds is 0. The average Bonchev–Trinajstić information content (AvgIpc) is 1.87. The molecule has 0 saturated carbocycles. The molecule has 1 nitrogen and oxygen atoms in total. The molecule has 0 amide bonds. The van der Waals surface area contributed by atoms with Crippen LogP contribution in [0.5, 0.6) is 0 Å². The van der Waals surface area contributed by atoms with Gasteiger partial charge >= 0.3 is 0 Å². The maximum atomic E-state index is 5.64. The standard InChI is InChI=1S/C4H6ClNS.ClH/c1-6-3-2-4(5)7-6;/h2-4H,1H3;1H. The molecule has 48 valence electrons. The van der Waals surface area contributed by atoms with E-state index in [2.05, 4.69) is 0 Å². The van der Waals surface area contributed by atoms with E-state index in [1.54, 1.807) is 11.9 Å². The van der Waals surface area contributed by atoms with Crippen molar-refractivity contribution in [3.8, 4) is 0 Å². The first kappa shape index (κ1) is 8.47. The number of nitrogens with zero attached hydrogens (tertiary/aromatic N) is 1. The highest BCUT2D eigenvalue weighted by molar-refractivity contribution is 7.99. The minimum Gasteiger partial charge on any atom is -0.325 e. The highest BCUT2D eigenvalue weighted by atomic mass is 35.5. The van der Waals surface area contributed by atoms with Gasteiger partial charge in [0.2, 0.25) is 0 Å². The first-order valence-electron chi connectivity index (χ1n) is 2.01. The maximum Gasteiger partial charge on any atom is 0.118 e. The van der Waals surface area contributed by atoms with E-state index in [1.807, 2.05) is 23.6 Å². The van der Waals surface area contributed by atoms with Crippen molar-refractivity contribution in [2.45, 2.75) is 4.71 Å². The molecule has 1 aliphatic heterocycles. The minimum atomic E-state index is 0. The van der Waals surface area contributed by atoms with Crippen LogP contribution in [0.25, 0.3) is 0 Å². The largest absolute Gasteiger partial charge is 0.325 e. The van der Waals surface area contributed by atoms with Gasteiger partial charge in [-0.3, -0.25) is 0 Å². The van der Waals surface area contributed by atoms with Crippen molar-refractivity contribution < 1.29 is 0 Å². The van der Waals surface area contributed by atoms with Crippen LogP contribution in [0.3, 0.4) is 0 Å². The van der Waals surface area contributed by atoms with Crippen LogP contribution in [-0.2, 0) is 0 Å². The van der Waals surface area contributed by atoms with E-state index < -0.39 is 0 Å². The summed E-state index contributed by atoms with van der Waals surface area (Å²) in [6, 6.07) is 0. The molecule has 0 fully saturated rings. The predicted octanol–water partition coefficient (Wildman–Crippen LogP) is 2.08. The topological polar surface area (TPSA) is 3.24 Å². The van der Waals surface area contributed by atoms with Crippen molar-refractivity contribution in [2.24, 2.45) is 0 Å². The summed E-state index contributed by atoms with van der Waals surface area (Å²) in [7, 11) is 1.98. The van der Waals surface area contributed by atoms with Crippen LogP contribution in [0, 0.1) is 0 Å². The van der Waals surface area contributed by atoms with Crippen molar-refractivity contribution in [2.75, 3.05) is 7.05 Å². The Balaban J connectivity index is 0.000000490. The lowest BCUT2D eigenvalue weighted by atomic mass is 10.7. The lowest BCUT2D eigenvalue weighted by Gasteiger charge is -2.03. The van der Waals surface area contributed by atoms with Crippen molar-refractivity contribution in [1.29, 1.82) is 0 Å². The van der Waals surface area contributed by atoms with Gasteiger partial charge in [0, 0.05) is 13.2 Å². The van der Waals surface area contributed by atoms with Gasteiger partial charge in [-0.15, -0.1) is 24.0 Å². The first-order valence-corrected chi connectivity index (χ1v) is 3.28. The molecule has 4 heteroatoms. The molecule has 0 aromatic heterocycles. The second kappa shape index (κ2) is 3.49. The lowest BCUT2D eigenvalue weighted by molar-refractivity contribution is 0.788. The van der Waals surface area contributed by atoms with E-state index in [4.69, 9.17) is 11.6 Å². The Hall–Kier alpha value is 0.470. The summed E-state index contributed by atoms with van der Waals surface area (Å²) in [5.74, 6) is 0. The average molecular weight is 172 g/mol. The zero-order valence-corrected chi connectivity index (χ0v) is 6.76. The molecular weight excluding hydrogens is 165 g/mol. The Morgan fingerprint density at radius 3 is 2.50 bits per heavy atom. The first-order chi connectivity index (χ1) is 3.29. The van der Waals surface area contributed by atoms with Gasteiger partial charge in [-0.05, 0) is 18.0 Å². The number of hydrogen-bond donors (Lipinski definition) is 0. The smallest absolute Gasteiger partial charge is 0.118 e. The quantitative estimate of drug-likeness (QED) is 0.406. The SMILES string of the molecule is CN1C=CC(Cl)S1.Cl. The molecule has 0 bridgehead atoms. The molecule has 0 radical (unpaired) electrons. The summed E-state index contributed by atoms with van der Waals surface area (Å²) >= 11 is 7.25. The lowest BCUT2D eigenvalue weighted by Crippen LogP contribution is -1.93. The Morgan fingerprint density at radius 2 is 2.38 bits per heavy atom. The Bertz CT molecular complexity index is 86.0. The van der Waals surface area contributed by atoms with E-state index in [-0.39, 0.29) is 17.1 Å². The third kappa shape index (κ3) is 2.16. The summed E-state index contributed by atoms with van der Waals surface area (Å²) in [6.45, 7) is 0. The van der Waals surface area contributed by atoms with Gasteiger partial charge in [-0.2, -0.15) is 0 Å². The third-order valence-electron chi connectivity index (χ3n) is 0.714. The van der Waals surface area contributed by atoms with Crippen LogP contribution in [0.1, 0.15) is 0 Å². The second-order valence-electron chi connectivity index (χ2n) is 1.34. The van der Waals surface area contributed by atoms with Crippen LogP contribution in [0.4, 0.5) is 0 Å². The molecule has 1 unspecified atom stereocenters. The van der Waals surface area contributed by atoms with Crippen LogP contribution in [0.2, 0.25) is 0 Å². The minimum absolute atomic E-state index is 0. The van der Waals surface area contributed by atoms with Gasteiger partial charge in [0.1, 0.15) is 4.71 Å². The summed E-state index contributed by atoms with van der Waals surface area (Å²) < 4.78 is 2.14. The van der Waals surface area contributed by atoms with Gasteiger partial charge in [0.25, 0.3) is 0 Å². The van der Waals surface area contributed by atoms with Gasteiger partial charge in [0.15, 0.2) is 0 Å². The summed E-state index contributed by atoms with van der Waals surface area (Å²) in [4.78, 5) is 0. The molecule has 1 atom stereocenters. The molecular formula is C4H7Cl2NS. The summed E-state index contributed by atoms with van der Waals surface area (Å²) in [6.07, 6.45) is 3.91. The third-order valence-corrected chi connectivity index (χ3v) is 1.91. The van der Waals surface area contributed by atoms with Crippen LogP contribution >= 0.6 is 36.0 Å². The normalized spacial score (nSPS) is 25.8. The fraction of sp³-hybridized carbons (Fsp3) is 0.500. The predicted molar refractivity (Wildman–Crippen MR) is 41.4 cm³/mol. The molecule has 0 N–H and O–H groups in total.